The second kappa shape index (κ2) is 6.32. The van der Waals surface area contributed by atoms with E-state index >= 15 is 0 Å². The molecule has 0 saturated carbocycles. The Labute approximate surface area is 157 Å². The van der Waals surface area contributed by atoms with Gasteiger partial charge in [-0.3, -0.25) is 9.10 Å². The molecule has 2 atom stereocenters. The third kappa shape index (κ3) is 2.79. The molecule has 0 aliphatic carbocycles. The summed E-state index contributed by atoms with van der Waals surface area (Å²) in [5.41, 5.74) is 2.30. The molecule has 26 heavy (non-hydrogen) atoms. The highest BCUT2D eigenvalue weighted by atomic mass is 32.2. The second-order valence-electron chi connectivity index (χ2n) is 6.70. The Morgan fingerprint density at radius 1 is 1.12 bits per heavy atom. The molecule has 0 aromatic heterocycles. The quantitative estimate of drug-likeness (QED) is 0.853. The van der Waals surface area contributed by atoms with Crippen LogP contribution in [0, 0.1) is 0 Å². The Balaban J connectivity index is 1.81. The monoisotopic (exact) mass is 388 g/mol. The predicted octanol–water partition coefficient (Wildman–Crippen LogP) is 3.65. The molecule has 5 nitrogen and oxygen atoms in total. The van der Waals surface area contributed by atoms with Crippen molar-refractivity contribution in [3.8, 4) is 0 Å². The summed E-state index contributed by atoms with van der Waals surface area (Å²) >= 11 is 1.70. The van der Waals surface area contributed by atoms with Gasteiger partial charge < -0.3 is 5.32 Å². The fourth-order valence-electron chi connectivity index (χ4n) is 3.43. The Bertz CT molecular complexity index is 988. The van der Waals surface area contributed by atoms with Gasteiger partial charge in [0.25, 0.3) is 10.0 Å². The summed E-state index contributed by atoms with van der Waals surface area (Å²) in [7, 11) is -3.70. The van der Waals surface area contributed by atoms with Crippen molar-refractivity contribution in [1.82, 2.24) is 0 Å². The van der Waals surface area contributed by atoms with E-state index in [2.05, 4.69) is 12.2 Å². The summed E-state index contributed by atoms with van der Waals surface area (Å²) in [6.07, 6.45) is 0.941. The van der Waals surface area contributed by atoms with Crippen molar-refractivity contribution in [2.75, 3.05) is 9.62 Å². The number of amides is 1. The third-order valence-electron chi connectivity index (χ3n) is 4.99. The normalized spacial score (nSPS) is 22.4. The molecule has 2 aromatic carbocycles. The topological polar surface area (TPSA) is 66.5 Å². The Morgan fingerprint density at radius 3 is 2.69 bits per heavy atom. The first kappa shape index (κ1) is 17.4. The number of carbonyl (C=O) groups excluding carboxylic acids is 1. The van der Waals surface area contributed by atoms with Crippen molar-refractivity contribution in [2.24, 2.45) is 0 Å². The van der Waals surface area contributed by atoms with Crippen LogP contribution in [0.3, 0.4) is 0 Å². The van der Waals surface area contributed by atoms with Crippen LogP contribution in [0.25, 0.3) is 0 Å². The number of rotatable bonds is 2. The van der Waals surface area contributed by atoms with E-state index in [1.807, 2.05) is 31.2 Å². The summed E-state index contributed by atoms with van der Waals surface area (Å²) in [5.74, 6) is -0.0301. The zero-order valence-corrected chi connectivity index (χ0v) is 16.2. The van der Waals surface area contributed by atoms with E-state index in [-0.39, 0.29) is 22.1 Å². The molecule has 0 fully saturated rings. The zero-order valence-electron chi connectivity index (χ0n) is 14.6. The largest absolute Gasteiger partial charge is 0.326 e. The lowest BCUT2D eigenvalue weighted by Crippen LogP contribution is -2.46. The van der Waals surface area contributed by atoms with Crippen LogP contribution >= 0.6 is 11.8 Å². The minimum Gasteiger partial charge on any atom is -0.326 e. The lowest BCUT2D eigenvalue weighted by molar-refractivity contribution is -0.116. The number of nitrogens with zero attached hydrogens (tertiary/aromatic N) is 1. The Hall–Kier alpha value is -1.99. The van der Waals surface area contributed by atoms with Gasteiger partial charge in [-0.15, -0.1) is 11.8 Å². The number of fused-ring (bicyclic) bond motifs is 2. The van der Waals surface area contributed by atoms with E-state index in [0.717, 1.165) is 16.1 Å². The molecular weight excluding hydrogens is 368 g/mol. The molecule has 0 unspecified atom stereocenters. The van der Waals surface area contributed by atoms with E-state index in [9.17, 15) is 13.2 Å². The summed E-state index contributed by atoms with van der Waals surface area (Å²) < 4.78 is 28.5. The number of hydrogen-bond acceptors (Lipinski definition) is 4. The highest BCUT2D eigenvalue weighted by Crippen LogP contribution is 2.44. The first-order valence-electron chi connectivity index (χ1n) is 8.61. The molecule has 0 bridgehead atoms. The maximum atomic E-state index is 13.5. The number of para-hydroxylation sites is 1. The molecular formula is C19H20N2O3S2. The van der Waals surface area contributed by atoms with Gasteiger partial charge in [0.1, 0.15) is 0 Å². The third-order valence-corrected chi connectivity index (χ3v) is 8.26. The van der Waals surface area contributed by atoms with E-state index < -0.39 is 10.0 Å². The molecule has 0 saturated heterocycles. The molecule has 2 aliphatic heterocycles. The van der Waals surface area contributed by atoms with Crippen molar-refractivity contribution in [1.29, 1.82) is 0 Å². The molecule has 136 valence electrons. The Morgan fingerprint density at radius 2 is 1.88 bits per heavy atom. The van der Waals surface area contributed by atoms with E-state index in [1.165, 1.54) is 0 Å². The number of carbonyl (C=O) groups is 1. The van der Waals surface area contributed by atoms with Crippen LogP contribution in [0.15, 0.2) is 52.3 Å². The van der Waals surface area contributed by atoms with Crippen LogP contribution in [0.5, 0.6) is 0 Å². The second-order valence-corrected chi connectivity index (χ2v) is 9.93. The molecule has 2 aromatic rings. The number of benzene rings is 2. The summed E-state index contributed by atoms with van der Waals surface area (Å²) in [4.78, 5) is 12.8. The molecule has 0 spiro atoms. The van der Waals surface area contributed by atoms with Crippen molar-refractivity contribution >= 4 is 39.1 Å². The Kier molecular flexibility index (Phi) is 4.23. The lowest BCUT2D eigenvalue weighted by atomic mass is 10.0. The zero-order chi connectivity index (χ0) is 18.5. The number of anilines is 2. The SMILES string of the molecule is C[C@@H]1Sc2ccccc2N(S(=O)(=O)c2ccc3c(c2)CCC(=O)N3)[C@H]1C. The van der Waals surface area contributed by atoms with Gasteiger partial charge in [0.2, 0.25) is 5.91 Å². The fourth-order valence-corrected chi connectivity index (χ4v) is 6.52. The molecule has 2 aliphatic rings. The fraction of sp³-hybridized carbons (Fsp3) is 0.316. The van der Waals surface area contributed by atoms with Crippen LogP contribution < -0.4 is 9.62 Å². The van der Waals surface area contributed by atoms with Crippen LogP contribution in [-0.2, 0) is 21.2 Å². The maximum absolute atomic E-state index is 13.5. The van der Waals surface area contributed by atoms with Crippen LogP contribution in [0.2, 0.25) is 0 Å². The van der Waals surface area contributed by atoms with Crippen molar-refractivity contribution < 1.29 is 13.2 Å². The summed E-state index contributed by atoms with van der Waals surface area (Å²) in [6.45, 7) is 4.00. The number of thioether (sulfide) groups is 1. The van der Waals surface area contributed by atoms with E-state index in [4.69, 9.17) is 0 Å². The molecule has 0 radical (unpaired) electrons. The highest BCUT2D eigenvalue weighted by Gasteiger charge is 2.38. The lowest BCUT2D eigenvalue weighted by Gasteiger charge is -2.39. The van der Waals surface area contributed by atoms with Crippen molar-refractivity contribution in [2.45, 2.75) is 47.8 Å². The molecule has 1 amide bonds. The highest BCUT2D eigenvalue weighted by molar-refractivity contribution is 8.00. The van der Waals surface area contributed by atoms with Crippen molar-refractivity contribution in [3.05, 3.63) is 48.0 Å². The van der Waals surface area contributed by atoms with Crippen LogP contribution in [0.4, 0.5) is 11.4 Å². The summed E-state index contributed by atoms with van der Waals surface area (Å²) in [5, 5.41) is 2.95. The number of nitrogens with one attached hydrogen (secondary N) is 1. The van der Waals surface area contributed by atoms with Gasteiger partial charge in [-0.1, -0.05) is 19.1 Å². The van der Waals surface area contributed by atoms with Gasteiger partial charge in [0.15, 0.2) is 0 Å². The predicted molar refractivity (Wildman–Crippen MR) is 104 cm³/mol. The van der Waals surface area contributed by atoms with Crippen molar-refractivity contribution in [3.63, 3.8) is 0 Å². The van der Waals surface area contributed by atoms with Crippen LogP contribution in [0.1, 0.15) is 25.8 Å². The van der Waals surface area contributed by atoms with E-state index in [0.29, 0.717) is 18.5 Å². The van der Waals surface area contributed by atoms with Gasteiger partial charge in [0, 0.05) is 22.3 Å². The smallest absolute Gasteiger partial charge is 0.264 e. The summed E-state index contributed by atoms with van der Waals surface area (Å²) in [6, 6.07) is 12.4. The average molecular weight is 389 g/mol. The standard InChI is InChI=1S/C19H20N2O3S2/c1-12-13(2)25-18-6-4-3-5-17(18)21(12)26(23,24)15-8-9-16-14(11-15)7-10-19(22)20-16/h3-6,8-9,11-13H,7,10H2,1-2H3,(H,20,22)/t12-,13-/m0/s1. The van der Waals surface area contributed by atoms with Gasteiger partial charge in [-0.25, -0.2) is 8.42 Å². The van der Waals surface area contributed by atoms with Gasteiger partial charge in [-0.05, 0) is 49.2 Å². The van der Waals surface area contributed by atoms with E-state index in [1.54, 1.807) is 34.3 Å². The van der Waals surface area contributed by atoms with Gasteiger partial charge >= 0.3 is 0 Å². The minimum atomic E-state index is -3.70. The average Bonchev–Trinajstić information content (AvgIpc) is 2.62. The van der Waals surface area contributed by atoms with Gasteiger partial charge in [0.05, 0.1) is 16.6 Å². The van der Waals surface area contributed by atoms with Crippen LogP contribution in [-0.4, -0.2) is 25.6 Å². The number of aryl methyl sites for hydroxylation is 1. The molecule has 4 rings (SSSR count). The first-order valence-corrected chi connectivity index (χ1v) is 10.9. The molecule has 7 heteroatoms. The maximum Gasteiger partial charge on any atom is 0.264 e. The number of hydrogen-bond donors (Lipinski definition) is 1. The molecule has 1 N–H and O–H groups in total. The molecule has 2 heterocycles. The van der Waals surface area contributed by atoms with Gasteiger partial charge in [-0.2, -0.15) is 0 Å². The first-order chi connectivity index (χ1) is 12.4. The number of sulfonamides is 1. The minimum absolute atomic E-state index is 0.0301.